The maximum absolute atomic E-state index is 10.1. The molecule has 3 heteroatoms. The minimum Gasteiger partial charge on any atom is -0.358 e. The Bertz CT molecular complexity index is 1010. The molecule has 3 aromatic carbocycles. The third kappa shape index (κ3) is 4.23. The molecule has 0 aliphatic heterocycles. The van der Waals surface area contributed by atoms with Gasteiger partial charge in [-0.2, -0.15) is 5.26 Å². The summed E-state index contributed by atoms with van der Waals surface area (Å²) in [5, 5.41) is 12.3. The van der Waals surface area contributed by atoms with E-state index >= 15 is 0 Å². The van der Waals surface area contributed by atoms with Crippen molar-refractivity contribution >= 4 is 17.4 Å². The number of nitriles is 1. The highest BCUT2D eigenvalue weighted by molar-refractivity contribution is 8.02. The lowest BCUT2D eigenvalue weighted by atomic mass is 9.85. The largest absolute Gasteiger partial charge is 0.358 e. The van der Waals surface area contributed by atoms with E-state index in [2.05, 4.69) is 83.1 Å². The number of hydrogen-bond donors (Lipinski definition) is 0. The van der Waals surface area contributed by atoms with Gasteiger partial charge in [0.2, 0.25) is 0 Å². The average molecular weight is 397 g/mol. The average Bonchev–Trinajstić information content (AvgIpc) is 3.14. The lowest BCUT2D eigenvalue weighted by Crippen LogP contribution is -2.37. The van der Waals surface area contributed by atoms with Gasteiger partial charge in [-0.15, -0.1) is 0 Å². The van der Waals surface area contributed by atoms with Crippen LogP contribution in [0.2, 0.25) is 0 Å². The van der Waals surface area contributed by atoms with E-state index in [9.17, 15) is 5.26 Å². The number of anilines is 1. The summed E-state index contributed by atoms with van der Waals surface area (Å²) < 4.78 is 0. The van der Waals surface area contributed by atoms with Crippen LogP contribution >= 0.6 is 11.8 Å². The van der Waals surface area contributed by atoms with Crippen molar-refractivity contribution in [1.82, 2.24) is 0 Å². The molecule has 0 aromatic heterocycles. The minimum atomic E-state index is -0.225. The third-order valence-corrected chi connectivity index (χ3v) is 6.49. The Labute approximate surface area is 177 Å². The predicted octanol–water partition coefficient (Wildman–Crippen LogP) is 6.28. The number of para-hydroxylation sites is 1. The van der Waals surface area contributed by atoms with Crippen molar-refractivity contribution in [2.75, 3.05) is 11.9 Å². The zero-order valence-corrected chi connectivity index (χ0v) is 17.3. The van der Waals surface area contributed by atoms with Gasteiger partial charge < -0.3 is 4.90 Å². The first-order valence-electron chi connectivity index (χ1n) is 9.91. The van der Waals surface area contributed by atoms with E-state index in [0.717, 1.165) is 12.1 Å². The second kappa shape index (κ2) is 9.03. The highest BCUT2D eigenvalue weighted by Crippen LogP contribution is 2.43. The molecule has 0 saturated carbocycles. The Hall–Kier alpha value is -2.96. The van der Waals surface area contributed by atoms with Crippen LogP contribution in [0.15, 0.2) is 101 Å². The molecule has 0 spiro atoms. The zero-order valence-electron chi connectivity index (χ0n) is 16.5. The van der Waals surface area contributed by atoms with E-state index < -0.39 is 0 Å². The second-order valence-electron chi connectivity index (χ2n) is 7.37. The molecule has 0 N–H and O–H groups in total. The predicted molar refractivity (Wildman–Crippen MR) is 122 cm³/mol. The van der Waals surface area contributed by atoms with Crippen LogP contribution in [-0.2, 0) is 6.42 Å². The quantitative estimate of drug-likeness (QED) is 0.459. The number of likely N-dealkylation sites (N-methyl/N-ethyl adjacent to an activating group) is 1. The number of rotatable bonds is 6. The minimum absolute atomic E-state index is 0.147. The van der Waals surface area contributed by atoms with E-state index in [4.69, 9.17) is 0 Å². The molecule has 0 fully saturated rings. The monoisotopic (exact) mass is 396 g/mol. The van der Waals surface area contributed by atoms with Gasteiger partial charge in [0.15, 0.2) is 0 Å². The number of nitrogens with zero attached hydrogens (tertiary/aromatic N) is 2. The van der Waals surface area contributed by atoms with Crippen molar-refractivity contribution < 1.29 is 0 Å². The topological polar surface area (TPSA) is 27.0 Å². The van der Waals surface area contributed by atoms with Crippen LogP contribution in [-0.4, -0.2) is 13.1 Å². The van der Waals surface area contributed by atoms with Gasteiger partial charge in [0.1, 0.15) is 6.04 Å². The summed E-state index contributed by atoms with van der Waals surface area (Å²) in [7, 11) is 2.03. The Morgan fingerprint density at radius 2 is 1.62 bits per heavy atom. The molecular formula is C26H24N2S. The molecule has 0 radical (unpaired) electrons. The summed E-state index contributed by atoms with van der Waals surface area (Å²) in [5.41, 5.74) is 3.74. The van der Waals surface area contributed by atoms with Crippen molar-refractivity contribution in [2.45, 2.75) is 23.3 Å². The molecule has 1 aliphatic carbocycles. The van der Waals surface area contributed by atoms with Crippen LogP contribution in [0.3, 0.4) is 0 Å². The van der Waals surface area contributed by atoms with Gasteiger partial charge >= 0.3 is 0 Å². The van der Waals surface area contributed by atoms with E-state index in [1.165, 1.54) is 16.0 Å². The Kier molecular flexibility index (Phi) is 6.03. The summed E-state index contributed by atoms with van der Waals surface area (Å²) in [4.78, 5) is 3.35. The Balaban J connectivity index is 1.62. The molecule has 0 heterocycles. The first kappa shape index (κ1) is 19.4. The lowest BCUT2D eigenvalue weighted by Gasteiger charge is -2.32. The van der Waals surface area contributed by atoms with Crippen molar-refractivity contribution in [1.29, 1.82) is 5.26 Å². The highest BCUT2D eigenvalue weighted by Gasteiger charge is 2.38. The number of fused-ring (bicyclic) bond motifs is 1. The molecule has 0 bridgehead atoms. The standard InChI is InChI=1S/C26H24N2S/c1-28(22-11-4-2-5-12-22)25(19-27)26-21(18-20-10-8-9-15-24(20)26)16-17-29-23-13-6-3-7-14-23/h2-17,21,25-26H,18H2,1H3/b17-16+/t21-,25-,26+/m0/s1. The number of allylic oxidation sites excluding steroid dienone is 1. The fraction of sp³-hybridized carbons (Fsp3) is 0.192. The molecule has 0 unspecified atom stereocenters. The lowest BCUT2D eigenvalue weighted by molar-refractivity contribution is 0.497. The number of hydrogen-bond acceptors (Lipinski definition) is 3. The Morgan fingerprint density at radius 1 is 0.966 bits per heavy atom. The Morgan fingerprint density at radius 3 is 2.34 bits per heavy atom. The molecule has 0 saturated heterocycles. The van der Waals surface area contributed by atoms with Gasteiger partial charge in [-0.05, 0) is 53.1 Å². The zero-order chi connectivity index (χ0) is 20.1. The summed E-state index contributed by atoms with van der Waals surface area (Å²) >= 11 is 1.74. The van der Waals surface area contributed by atoms with Crippen molar-refractivity contribution in [2.24, 2.45) is 5.92 Å². The van der Waals surface area contributed by atoms with Crippen LogP contribution in [0.25, 0.3) is 0 Å². The molecular weight excluding hydrogens is 372 g/mol. The molecule has 3 atom stereocenters. The third-order valence-electron chi connectivity index (χ3n) is 5.66. The SMILES string of the molecule is CN(c1ccccc1)[C@@H](C#N)[C@H]1c2ccccc2C[C@@H]1/C=C/Sc1ccccc1. The van der Waals surface area contributed by atoms with Crippen molar-refractivity contribution in [3.8, 4) is 6.07 Å². The van der Waals surface area contributed by atoms with Gasteiger partial charge in [-0.25, -0.2) is 0 Å². The number of benzene rings is 3. The van der Waals surface area contributed by atoms with Crippen LogP contribution in [0.4, 0.5) is 5.69 Å². The molecule has 144 valence electrons. The summed E-state index contributed by atoms with van der Waals surface area (Å²) in [5.74, 6) is 0.452. The van der Waals surface area contributed by atoms with E-state index in [-0.39, 0.29) is 12.0 Å². The van der Waals surface area contributed by atoms with Gasteiger partial charge in [-0.1, -0.05) is 78.5 Å². The number of thioether (sulfide) groups is 1. The summed E-state index contributed by atoms with van der Waals surface area (Å²) in [6.45, 7) is 0. The van der Waals surface area contributed by atoms with Gasteiger partial charge in [0, 0.05) is 23.5 Å². The molecule has 3 aromatic rings. The van der Waals surface area contributed by atoms with E-state index in [0.29, 0.717) is 5.92 Å². The van der Waals surface area contributed by atoms with Crippen LogP contribution < -0.4 is 4.90 Å². The normalized spacial score (nSPS) is 18.9. The maximum Gasteiger partial charge on any atom is 0.124 e. The van der Waals surface area contributed by atoms with E-state index in [1.54, 1.807) is 11.8 Å². The molecule has 1 aliphatic rings. The molecule has 0 amide bonds. The van der Waals surface area contributed by atoms with E-state index in [1.807, 2.05) is 31.3 Å². The van der Waals surface area contributed by atoms with Crippen LogP contribution in [0.1, 0.15) is 17.0 Å². The highest BCUT2D eigenvalue weighted by atomic mass is 32.2. The fourth-order valence-corrected chi connectivity index (χ4v) is 4.95. The first-order chi connectivity index (χ1) is 14.3. The first-order valence-corrected chi connectivity index (χ1v) is 10.8. The van der Waals surface area contributed by atoms with Crippen molar-refractivity contribution in [3.05, 3.63) is 108 Å². The van der Waals surface area contributed by atoms with Crippen LogP contribution in [0, 0.1) is 17.2 Å². The molecule has 29 heavy (non-hydrogen) atoms. The van der Waals surface area contributed by atoms with Gasteiger partial charge in [-0.3, -0.25) is 0 Å². The molecule has 2 nitrogen and oxygen atoms in total. The van der Waals surface area contributed by atoms with Crippen molar-refractivity contribution in [3.63, 3.8) is 0 Å². The molecule has 4 rings (SSSR count). The van der Waals surface area contributed by atoms with Gasteiger partial charge in [0.05, 0.1) is 6.07 Å². The summed E-state index contributed by atoms with van der Waals surface area (Å²) in [6, 6.07) is 31.6. The smallest absolute Gasteiger partial charge is 0.124 e. The van der Waals surface area contributed by atoms with Crippen LogP contribution in [0.5, 0.6) is 0 Å². The maximum atomic E-state index is 10.1. The second-order valence-corrected chi connectivity index (χ2v) is 8.35. The fourth-order valence-electron chi connectivity index (χ4n) is 4.20. The van der Waals surface area contributed by atoms with Gasteiger partial charge in [0.25, 0.3) is 0 Å². The summed E-state index contributed by atoms with van der Waals surface area (Å²) in [6.07, 6.45) is 3.28.